The van der Waals surface area contributed by atoms with Crippen molar-refractivity contribution in [1.29, 1.82) is 0 Å². The third kappa shape index (κ3) is 4.03. The maximum atomic E-state index is 12.7. The molecule has 2 aromatic carbocycles. The van der Waals surface area contributed by atoms with Crippen molar-refractivity contribution < 1.29 is 27.3 Å². The van der Waals surface area contributed by atoms with Gasteiger partial charge >= 0.3 is 6.18 Å². The Kier molecular flexibility index (Phi) is 5.13. The van der Waals surface area contributed by atoms with Crippen molar-refractivity contribution in [2.45, 2.75) is 24.9 Å². The summed E-state index contributed by atoms with van der Waals surface area (Å²) in [7, 11) is -1.89. The number of phenolic OH excluding ortho intramolecular Hbond substituents is 1. The molecule has 2 aromatic rings. The Morgan fingerprint density at radius 1 is 1.12 bits per heavy atom. The Balaban J connectivity index is 2.22. The van der Waals surface area contributed by atoms with Crippen molar-refractivity contribution in [1.82, 2.24) is 0 Å². The molecule has 2 rings (SSSR count). The summed E-state index contributed by atoms with van der Waals surface area (Å²) in [5.41, 5.74) is 0.367. The molecule has 7 heteroatoms. The van der Waals surface area contributed by atoms with Gasteiger partial charge in [-0.2, -0.15) is 13.2 Å². The van der Waals surface area contributed by atoms with Crippen LogP contribution >= 0.6 is 0 Å². The molecule has 0 amide bonds. The van der Waals surface area contributed by atoms with E-state index in [0.29, 0.717) is 11.1 Å². The number of hydrogen-bond donors (Lipinski definition) is 1. The van der Waals surface area contributed by atoms with Crippen molar-refractivity contribution >= 4 is 16.6 Å². The second-order valence-corrected chi connectivity index (χ2v) is 6.85. The van der Waals surface area contributed by atoms with Crippen LogP contribution in [-0.2, 0) is 17.0 Å². The van der Waals surface area contributed by atoms with E-state index in [-0.39, 0.29) is 16.2 Å². The highest BCUT2D eigenvalue weighted by atomic mass is 32.2. The molecular formula is C17H15F3O3S. The summed E-state index contributed by atoms with van der Waals surface area (Å²) in [6.45, 7) is 3.26. The Labute approximate surface area is 139 Å². The number of halogens is 3. The maximum Gasteiger partial charge on any atom is 0.416 e. The summed E-state index contributed by atoms with van der Waals surface area (Å²) < 4.78 is 50.3. The molecule has 0 aliphatic carbocycles. The van der Waals surface area contributed by atoms with E-state index in [4.69, 9.17) is 0 Å². The monoisotopic (exact) mass is 356 g/mol. The minimum Gasteiger partial charge on any atom is -0.507 e. The predicted molar refractivity (Wildman–Crippen MR) is 84.6 cm³/mol. The standard InChI is InChI=1S/C17H15F3O3S/c1-10-6-12(7-11(2)16(10)22)15(21)9-24(23)14-5-3-4-13(8-14)17(18,19)20/h3-8,22H,9H2,1-2H3. The zero-order valence-corrected chi connectivity index (χ0v) is 13.8. The fourth-order valence-corrected chi connectivity index (χ4v) is 3.28. The normalized spacial score (nSPS) is 12.9. The smallest absolute Gasteiger partial charge is 0.416 e. The second kappa shape index (κ2) is 6.76. The first-order chi connectivity index (χ1) is 11.1. The largest absolute Gasteiger partial charge is 0.507 e. The van der Waals surface area contributed by atoms with Gasteiger partial charge < -0.3 is 5.11 Å². The predicted octanol–water partition coefficient (Wildman–Crippen LogP) is 4.02. The molecule has 1 unspecified atom stereocenters. The number of phenols is 1. The fourth-order valence-electron chi connectivity index (χ4n) is 2.22. The van der Waals surface area contributed by atoms with E-state index < -0.39 is 34.1 Å². The summed E-state index contributed by atoms with van der Waals surface area (Å²) >= 11 is 0. The lowest BCUT2D eigenvalue weighted by atomic mass is 10.0. The summed E-state index contributed by atoms with van der Waals surface area (Å²) in [5, 5.41) is 9.70. The molecule has 0 bridgehead atoms. The molecule has 0 fully saturated rings. The van der Waals surface area contributed by atoms with E-state index in [1.54, 1.807) is 13.8 Å². The Bertz CT molecular complexity index is 790. The quantitative estimate of drug-likeness (QED) is 0.842. The number of aryl methyl sites for hydroxylation is 2. The molecule has 0 aliphatic heterocycles. The summed E-state index contributed by atoms with van der Waals surface area (Å²) in [4.78, 5) is 12.2. The lowest BCUT2D eigenvalue weighted by Crippen LogP contribution is -2.13. The first-order valence-electron chi connectivity index (χ1n) is 6.98. The molecular weight excluding hydrogens is 341 g/mol. The molecule has 1 N–H and O–H groups in total. The molecule has 0 saturated carbocycles. The molecule has 3 nitrogen and oxygen atoms in total. The van der Waals surface area contributed by atoms with E-state index >= 15 is 0 Å². The van der Waals surface area contributed by atoms with Crippen LogP contribution in [-0.4, -0.2) is 20.9 Å². The Morgan fingerprint density at radius 2 is 1.71 bits per heavy atom. The summed E-state index contributed by atoms with van der Waals surface area (Å²) in [5.74, 6) is -0.812. The topological polar surface area (TPSA) is 54.4 Å². The van der Waals surface area contributed by atoms with Crippen LogP contribution in [0.2, 0.25) is 0 Å². The Hall–Kier alpha value is -2.15. The van der Waals surface area contributed by atoms with E-state index in [9.17, 15) is 27.3 Å². The number of hydrogen-bond acceptors (Lipinski definition) is 3. The number of aromatic hydroxyl groups is 1. The van der Waals surface area contributed by atoms with E-state index in [1.807, 2.05) is 0 Å². The van der Waals surface area contributed by atoms with Crippen LogP contribution in [0.4, 0.5) is 13.2 Å². The van der Waals surface area contributed by atoms with Crippen molar-refractivity contribution in [3.05, 3.63) is 58.7 Å². The van der Waals surface area contributed by atoms with Crippen molar-refractivity contribution in [2.75, 3.05) is 5.75 Å². The van der Waals surface area contributed by atoms with Crippen molar-refractivity contribution in [2.24, 2.45) is 0 Å². The average molecular weight is 356 g/mol. The van der Waals surface area contributed by atoms with Gasteiger partial charge in [0.25, 0.3) is 0 Å². The molecule has 0 spiro atoms. The van der Waals surface area contributed by atoms with E-state index in [1.165, 1.54) is 18.2 Å². The minimum absolute atomic E-state index is 0.0506. The zero-order valence-electron chi connectivity index (χ0n) is 13.0. The lowest BCUT2D eigenvalue weighted by molar-refractivity contribution is -0.137. The van der Waals surface area contributed by atoms with Gasteiger partial charge in [0.15, 0.2) is 5.78 Å². The molecule has 0 heterocycles. The molecule has 128 valence electrons. The third-order valence-electron chi connectivity index (χ3n) is 3.50. The number of rotatable bonds is 4. The first-order valence-corrected chi connectivity index (χ1v) is 8.30. The SMILES string of the molecule is Cc1cc(C(=O)CS(=O)c2cccc(C(F)(F)F)c2)cc(C)c1O. The van der Waals surface area contributed by atoms with Gasteiger partial charge in [-0.1, -0.05) is 6.07 Å². The van der Waals surface area contributed by atoms with Gasteiger partial charge in [-0.25, -0.2) is 0 Å². The molecule has 0 aliphatic rings. The Morgan fingerprint density at radius 3 is 2.25 bits per heavy atom. The van der Waals surface area contributed by atoms with Crippen LogP contribution in [0.25, 0.3) is 0 Å². The number of carbonyl (C=O) groups is 1. The molecule has 0 aromatic heterocycles. The molecule has 24 heavy (non-hydrogen) atoms. The van der Waals surface area contributed by atoms with Crippen LogP contribution in [0.5, 0.6) is 5.75 Å². The molecule has 0 saturated heterocycles. The number of ketones is 1. The average Bonchev–Trinajstić information content (AvgIpc) is 2.51. The highest BCUT2D eigenvalue weighted by molar-refractivity contribution is 7.85. The number of Topliss-reactive ketones (excluding diaryl/α,β-unsaturated/α-hetero) is 1. The van der Waals surface area contributed by atoms with Crippen LogP contribution in [0.15, 0.2) is 41.3 Å². The van der Waals surface area contributed by atoms with Crippen molar-refractivity contribution in [3.8, 4) is 5.75 Å². The van der Waals surface area contributed by atoms with Gasteiger partial charge in [0, 0.05) is 10.5 Å². The van der Waals surface area contributed by atoms with Crippen LogP contribution < -0.4 is 0 Å². The van der Waals surface area contributed by atoms with Gasteiger partial charge in [0.2, 0.25) is 0 Å². The maximum absolute atomic E-state index is 12.7. The third-order valence-corrected chi connectivity index (χ3v) is 4.80. The van der Waals surface area contributed by atoms with Crippen LogP contribution in [0.3, 0.4) is 0 Å². The zero-order chi connectivity index (χ0) is 18.1. The summed E-state index contributed by atoms with van der Waals surface area (Å²) in [6.07, 6.45) is -4.53. The van der Waals surface area contributed by atoms with E-state index in [2.05, 4.69) is 0 Å². The molecule has 1 atom stereocenters. The van der Waals surface area contributed by atoms with Crippen LogP contribution in [0.1, 0.15) is 27.0 Å². The highest BCUT2D eigenvalue weighted by Crippen LogP contribution is 2.30. The van der Waals surface area contributed by atoms with Gasteiger partial charge in [0.1, 0.15) is 5.75 Å². The summed E-state index contributed by atoms with van der Waals surface area (Å²) in [6, 6.07) is 7.06. The highest BCUT2D eigenvalue weighted by Gasteiger charge is 2.31. The van der Waals surface area contributed by atoms with Crippen LogP contribution in [0, 0.1) is 13.8 Å². The van der Waals surface area contributed by atoms with Gasteiger partial charge in [0.05, 0.1) is 22.1 Å². The number of carbonyl (C=O) groups excluding carboxylic acids is 1. The minimum atomic E-state index is -4.53. The van der Waals surface area contributed by atoms with E-state index in [0.717, 1.165) is 18.2 Å². The fraction of sp³-hybridized carbons (Fsp3) is 0.235. The van der Waals surface area contributed by atoms with Crippen molar-refractivity contribution in [3.63, 3.8) is 0 Å². The number of alkyl halides is 3. The van der Waals surface area contributed by atoms with Gasteiger partial charge in [-0.05, 0) is 55.3 Å². The second-order valence-electron chi connectivity index (χ2n) is 5.40. The molecule has 0 radical (unpaired) electrons. The van der Waals surface area contributed by atoms with Gasteiger partial charge in [-0.3, -0.25) is 9.00 Å². The van der Waals surface area contributed by atoms with Gasteiger partial charge in [-0.15, -0.1) is 0 Å². The lowest BCUT2D eigenvalue weighted by Gasteiger charge is -2.09. The first kappa shape index (κ1) is 18.2. The number of benzene rings is 2.